The van der Waals surface area contributed by atoms with Crippen LogP contribution in [-0.2, 0) is 16.9 Å². The summed E-state index contributed by atoms with van der Waals surface area (Å²) >= 11 is 12.1. The van der Waals surface area contributed by atoms with Crippen molar-refractivity contribution in [3.63, 3.8) is 0 Å². The van der Waals surface area contributed by atoms with Crippen LogP contribution in [0.15, 0.2) is 66.7 Å². The van der Waals surface area contributed by atoms with E-state index in [9.17, 15) is 14.7 Å². The van der Waals surface area contributed by atoms with Crippen LogP contribution in [0.5, 0.6) is 5.75 Å². The van der Waals surface area contributed by atoms with Crippen LogP contribution in [-0.4, -0.2) is 23.4 Å². The van der Waals surface area contributed by atoms with E-state index < -0.39 is 17.9 Å². The maximum absolute atomic E-state index is 13.4. The van der Waals surface area contributed by atoms with Crippen molar-refractivity contribution >= 4 is 40.6 Å². The van der Waals surface area contributed by atoms with E-state index in [0.29, 0.717) is 39.2 Å². The van der Waals surface area contributed by atoms with Crippen molar-refractivity contribution in [3.8, 4) is 5.75 Å². The highest BCUT2D eigenvalue weighted by atomic mass is 35.5. The fourth-order valence-corrected chi connectivity index (χ4v) is 4.16. The van der Waals surface area contributed by atoms with E-state index in [4.69, 9.17) is 27.9 Å². The summed E-state index contributed by atoms with van der Waals surface area (Å²) in [6.45, 7) is 2.62. The minimum Gasteiger partial charge on any atom is -0.494 e. The van der Waals surface area contributed by atoms with Crippen LogP contribution >= 0.6 is 23.2 Å². The Morgan fingerprint density at radius 2 is 1.66 bits per heavy atom. The summed E-state index contributed by atoms with van der Waals surface area (Å²) in [5, 5.41) is 12.4. The van der Waals surface area contributed by atoms with Gasteiger partial charge in [0.1, 0.15) is 5.75 Å². The Kier molecular flexibility index (Phi) is 6.24. The molecular weight excluding hydrogens is 449 g/mol. The molecule has 1 amide bonds. The van der Waals surface area contributed by atoms with Gasteiger partial charge in [0.25, 0.3) is 5.91 Å². The van der Waals surface area contributed by atoms with Gasteiger partial charge in [-0.1, -0.05) is 35.3 Å². The molecule has 1 atom stereocenters. The first-order valence-electron chi connectivity index (χ1n) is 10.2. The second kappa shape index (κ2) is 8.94. The maximum atomic E-state index is 13.4. The molecule has 1 aliphatic rings. The molecule has 3 aromatic rings. The van der Waals surface area contributed by atoms with Crippen molar-refractivity contribution < 1.29 is 19.4 Å². The number of rotatable bonds is 7. The molecule has 0 fully saturated rings. The quantitative estimate of drug-likeness (QED) is 0.470. The molecule has 0 radical (unpaired) electrons. The van der Waals surface area contributed by atoms with E-state index in [1.165, 1.54) is 4.90 Å². The van der Waals surface area contributed by atoms with E-state index in [1.54, 1.807) is 54.6 Å². The molecule has 1 heterocycles. The molecule has 4 rings (SSSR count). The van der Waals surface area contributed by atoms with Gasteiger partial charge in [0, 0.05) is 21.2 Å². The Morgan fingerprint density at radius 3 is 2.31 bits per heavy atom. The third-order valence-electron chi connectivity index (χ3n) is 5.45. The van der Waals surface area contributed by atoms with Gasteiger partial charge in [-0.15, -0.1) is 0 Å². The molecule has 5 nitrogen and oxygen atoms in total. The molecule has 0 aromatic heterocycles. The van der Waals surface area contributed by atoms with Gasteiger partial charge in [0.05, 0.1) is 25.3 Å². The maximum Gasteiger partial charge on any atom is 0.264 e. The van der Waals surface area contributed by atoms with Crippen molar-refractivity contribution in [1.82, 2.24) is 0 Å². The third-order valence-corrected chi connectivity index (χ3v) is 5.94. The number of halogens is 2. The smallest absolute Gasteiger partial charge is 0.264 e. The number of hydrogen-bond acceptors (Lipinski definition) is 4. The van der Waals surface area contributed by atoms with Crippen LogP contribution in [0.1, 0.15) is 34.8 Å². The number of aliphatic hydroxyl groups is 1. The number of nitrogens with zero attached hydrogens (tertiary/aromatic N) is 1. The van der Waals surface area contributed by atoms with Gasteiger partial charge in [-0.05, 0) is 67.1 Å². The van der Waals surface area contributed by atoms with Crippen LogP contribution in [0.3, 0.4) is 0 Å². The molecule has 0 aliphatic carbocycles. The number of carbonyl (C=O) groups excluding carboxylic acids is 2. The number of fused-ring (bicyclic) bond motifs is 1. The second-order valence-corrected chi connectivity index (χ2v) is 8.47. The molecule has 0 spiro atoms. The molecule has 0 saturated carbocycles. The Hall–Kier alpha value is -2.86. The molecule has 32 heavy (non-hydrogen) atoms. The summed E-state index contributed by atoms with van der Waals surface area (Å²) in [5.74, 6) is -0.279. The summed E-state index contributed by atoms with van der Waals surface area (Å²) in [5.41, 5.74) is 0.0576. The normalized spacial score (nSPS) is 17.4. The number of hydrogen-bond donors (Lipinski definition) is 1. The van der Waals surface area contributed by atoms with Gasteiger partial charge in [-0.3, -0.25) is 9.59 Å². The Morgan fingerprint density at radius 1 is 1.00 bits per heavy atom. The molecule has 0 bridgehead atoms. The zero-order chi connectivity index (χ0) is 22.9. The fraction of sp³-hybridized carbons (Fsp3) is 0.200. The van der Waals surface area contributed by atoms with Crippen molar-refractivity contribution in [2.75, 3.05) is 11.5 Å². The molecule has 164 valence electrons. The lowest BCUT2D eigenvalue weighted by Crippen LogP contribution is -2.41. The lowest BCUT2D eigenvalue weighted by molar-refractivity contribution is -0.136. The Bertz CT molecular complexity index is 1160. The molecule has 3 aromatic carbocycles. The summed E-state index contributed by atoms with van der Waals surface area (Å²) in [6, 6.07) is 18.6. The van der Waals surface area contributed by atoms with E-state index >= 15 is 0 Å². The SMILES string of the molecule is CCOc1ccc(C(=O)C[C@@]2(O)C(=O)N(Cc3ccc(Cl)cc3)c3ccc(Cl)cc32)cc1. The first-order valence-corrected chi connectivity index (χ1v) is 10.9. The number of carbonyl (C=O) groups is 2. The van der Waals surface area contributed by atoms with E-state index in [-0.39, 0.29) is 12.3 Å². The zero-order valence-electron chi connectivity index (χ0n) is 17.3. The van der Waals surface area contributed by atoms with Crippen molar-refractivity contribution in [2.45, 2.75) is 25.5 Å². The number of anilines is 1. The first kappa shape index (κ1) is 22.3. The Labute approximate surface area is 196 Å². The molecule has 1 N–H and O–H groups in total. The highest BCUT2D eigenvalue weighted by molar-refractivity contribution is 6.31. The summed E-state index contributed by atoms with van der Waals surface area (Å²) in [6.07, 6.45) is -0.399. The number of ketones is 1. The average Bonchev–Trinajstić information content (AvgIpc) is 2.97. The summed E-state index contributed by atoms with van der Waals surface area (Å²) < 4.78 is 5.40. The van der Waals surface area contributed by atoms with Gasteiger partial charge < -0.3 is 14.7 Å². The largest absolute Gasteiger partial charge is 0.494 e. The van der Waals surface area contributed by atoms with Crippen LogP contribution < -0.4 is 9.64 Å². The number of amides is 1. The van der Waals surface area contributed by atoms with Crippen molar-refractivity contribution in [1.29, 1.82) is 0 Å². The lowest BCUT2D eigenvalue weighted by Gasteiger charge is -2.23. The average molecular weight is 470 g/mol. The highest BCUT2D eigenvalue weighted by Gasteiger charge is 2.51. The van der Waals surface area contributed by atoms with Crippen LogP contribution in [0.4, 0.5) is 5.69 Å². The van der Waals surface area contributed by atoms with E-state index in [0.717, 1.165) is 5.56 Å². The number of Topliss-reactive ketones (excluding diaryl/α,β-unsaturated/α-hetero) is 1. The van der Waals surface area contributed by atoms with Crippen molar-refractivity contribution in [3.05, 3.63) is 93.5 Å². The zero-order valence-corrected chi connectivity index (χ0v) is 18.9. The predicted molar refractivity (Wildman–Crippen MR) is 125 cm³/mol. The van der Waals surface area contributed by atoms with E-state index in [1.807, 2.05) is 19.1 Å². The number of benzene rings is 3. The molecule has 7 heteroatoms. The summed E-state index contributed by atoms with van der Waals surface area (Å²) in [7, 11) is 0. The topological polar surface area (TPSA) is 66.8 Å². The standard InChI is InChI=1S/C25H21Cl2NO4/c1-2-32-20-10-5-17(6-11-20)23(29)14-25(31)21-13-19(27)9-12-22(21)28(24(25)30)15-16-3-7-18(26)8-4-16/h3-13,31H,2,14-15H2,1H3/t25-/m0/s1. The van der Waals surface area contributed by atoms with Crippen LogP contribution in [0, 0.1) is 0 Å². The Balaban J connectivity index is 1.65. The van der Waals surface area contributed by atoms with Crippen LogP contribution in [0.25, 0.3) is 0 Å². The van der Waals surface area contributed by atoms with Crippen molar-refractivity contribution in [2.24, 2.45) is 0 Å². The molecule has 0 unspecified atom stereocenters. The van der Waals surface area contributed by atoms with Gasteiger partial charge in [-0.2, -0.15) is 0 Å². The van der Waals surface area contributed by atoms with Gasteiger partial charge in [-0.25, -0.2) is 0 Å². The minimum atomic E-state index is -2.01. The number of ether oxygens (including phenoxy) is 1. The fourth-order valence-electron chi connectivity index (χ4n) is 3.86. The highest BCUT2D eigenvalue weighted by Crippen LogP contribution is 2.44. The second-order valence-electron chi connectivity index (χ2n) is 7.60. The lowest BCUT2D eigenvalue weighted by atomic mass is 9.88. The monoisotopic (exact) mass is 469 g/mol. The third kappa shape index (κ3) is 4.24. The van der Waals surface area contributed by atoms with E-state index in [2.05, 4.69) is 0 Å². The van der Waals surface area contributed by atoms with Gasteiger partial charge in [0.2, 0.25) is 0 Å². The first-order chi connectivity index (χ1) is 15.3. The van der Waals surface area contributed by atoms with Gasteiger partial charge in [0.15, 0.2) is 11.4 Å². The predicted octanol–water partition coefficient (Wildman–Crippen LogP) is 5.40. The molecular formula is C25H21Cl2NO4. The molecule has 0 saturated heterocycles. The minimum absolute atomic E-state index is 0.226. The van der Waals surface area contributed by atoms with Crippen LogP contribution in [0.2, 0.25) is 10.0 Å². The van der Waals surface area contributed by atoms with Gasteiger partial charge >= 0.3 is 0 Å². The summed E-state index contributed by atoms with van der Waals surface area (Å²) in [4.78, 5) is 27.9. The molecule has 1 aliphatic heterocycles.